The third-order valence-corrected chi connectivity index (χ3v) is 3.91. The molecule has 2 rings (SSSR count). The van der Waals surface area contributed by atoms with Crippen molar-refractivity contribution < 1.29 is 0 Å². The molecule has 2 heterocycles. The molecule has 0 amide bonds. The highest BCUT2D eigenvalue weighted by Crippen LogP contribution is 2.25. The monoisotopic (exact) mass is 319 g/mol. The Bertz CT molecular complexity index is 535. The Balaban J connectivity index is 2.12. The number of thiocarbonyl (C=S) groups is 1. The lowest BCUT2D eigenvalue weighted by Gasteiger charge is -2.36. The van der Waals surface area contributed by atoms with Crippen LogP contribution in [0.25, 0.3) is 0 Å². The average Bonchev–Trinajstić information content (AvgIpc) is 2.43. The highest BCUT2D eigenvalue weighted by molar-refractivity contribution is 7.80. The van der Waals surface area contributed by atoms with Gasteiger partial charge in [-0.05, 0) is 37.4 Å². The summed E-state index contributed by atoms with van der Waals surface area (Å²) in [6.45, 7) is 12.9. The Hall–Kier alpha value is -1.69. The van der Waals surface area contributed by atoms with Gasteiger partial charge in [0.15, 0.2) is 5.11 Å². The normalized spacial score (nSPS) is 21.3. The van der Waals surface area contributed by atoms with Crippen molar-refractivity contribution in [1.82, 2.24) is 15.3 Å². The lowest BCUT2D eigenvalue weighted by Crippen LogP contribution is -2.39. The van der Waals surface area contributed by atoms with E-state index in [1.165, 1.54) is 6.42 Å². The first kappa shape index (κ1) is 16.7. The fourth-order valence-corrected chi connectivity index (χ4v) is 3.11. The fraction of sp³-hybridized carbons (Fsp3) is 0.562. The van der Waals surface area contributed by atoms with Crippen molar-refractivity contribution in [3.63, 3.8) is 0 Å². The van der Waals surface area contributed by atoms with Crippen molar-refractivity contribution in [2.45, 2.75) is 27.2 Å². The second-order valence-electron chi connectivity index (χ2n) is 6.17. The van der Waals surface area contributed by atoms with E-state index in [1.54, 1.807) is 6.08 Å². The number of nitrogens with zero attached hydrogens (tertiary/aromatic N) is 3. The molecule has 0 saturated carbocycles. The molecule has 1 aromatic heterocycles. The third kappa shape index (κ3) is 4.66. The quantitative estimate of drug-likeness (QED) is 0.657. The summed E-state index contributed by atoms with van der Waals surface area (Å²) >= 11 is 5.22. The first-order valence-corrected chi connectivity index (χ1v) is 8.15. The topological polar surface area (TPSA) is 53.1 Å². The summed E-state index contributed by atoms with van der Waals surface area (Å²) in [5, 5.41) is 6.58. The molecule has 0 aromatic carbocycles. The predicted molar refractivity (Wildman–Crippen MR) is 96.3 cm³/mol. The van der Waals surface area contributed by atoms with E-state index >= 15 is 0 Å². The van der Waals surface area contributed by atoms with Crippen LogP contribution in [0, 0.1) is 18.8 Å². The number of anilines is 2. The van der Waals surface area contributed by atoms with Gasteiger partial charge in [-0.15, -0.1) is 6.58 Å². The molecular weight excluding hydrogens is 294 g/mol. The van der Waals surface area contributed by atoms with Gasteiger partial charge >= 0.3 is 0 Å². The number of rotatable bonds is 4. The van der Waals surface area contributed by atoms with Crippen molar-refractivity contribution in [3.8, 4) is 0 Å². The molecule has 0 radical (unpaired) electrons. The number of aryl methyl sites for hydroxylation is 1. The fourth-order valence-electron chi connectivity index (χ4n) is 2.93. The summed E-state index contributed by atoms with van der Waals surface area (Å²) in [6, 6.07) is 2.04. The standard InChI is InChI=1S/C16H25N5S/c1-5-6-17-16(22)20-15-18-13(4)8-14(19-15)21-9-11(2)7-12(3)10-21/h5,8,11-12H,1,6-7,9-10H2,2-4H3,(H2,17,18,19,20,22). The van der Waals surface area contributed by atoms with E-state index in [2.05, 4.69) is 45.9 Å². The summed E-state index contributed by atoms with van der Waals surface area (Å²) in [5.74, 6) is 2.89. The molecule has 2 N–H and O–H groups in total. The number of aromatic nitrogens is 2. The number of hydrogen-bond acceptors (Lipinski definition) is 4. The Labute approximate surface area is 138 Å². The molecule has 0 spiro atoms. The van der Waals surface area contributed by atoms with E-state index in [0.29, 0.717) is 29.4 Å². The van der Waals surface area contributed by atoms with Gasteiger partial charge in [0.1, 0.15) is 5.82 Å². The molecule has 1 fully saturated rings. The minimum atomic E-state index is 0.511. The SMILES string of the molecule is C=CCNC(=S)Nc1nc(C)cc(N2CC(C)CC(C)C2)n1. The second-order valence-corrected chi connectivity index (χ2v) is 6.57. The van der Waals surface area contributed by atoms with Gasteiger partial charge in [0.05, 0.1) is 0 Å². The smallest absolute Gasteiger partial charge is 0.231 e. The third-order valence-electron chi connectivity index (χ3n) is 3.67. The minimum absolute atomic E-state index is 0.511. The van der Waals surface area contributed by atoms with E-state index in [0.717, 1.165) is 24.6 Å². The molecule has 1 aliphatic rings. The van der Waals surface area contributed by atoms with E-state index in [1.807, 2.05) is 13.0 Å². The Morgan fingerprint density at radius 2 is 2.09 bits per heavy atom. The zero-order valence-corrected chi connectivity index (χ0v) is 14.4. The van der Waals surface area contributed by atoms with Gasteiger partial charge < -0.3 is 15.5 Å². The van der Waals surface area contributed by atoms with Crippen molar-refractivity contribution >= 4 is 29.1 Å². The molecule has 1 saturated heterocycles. The van der Waals surface area contributed by atoms with Crippen LogP contribution in [0.4, 0.5) is 11.8 Å². The lowest BCUT2D eigenvalue weighted by molar-refractivity contribution is 0.355. The first-order chi connectivity index (χ1) is 10.5. The van der Waals surface area contributed by atoms with Crippen LogP contribution in [0.2, 0.25) is 0 Å². The summed E-state index contributed by atoms with van der Waals surface area (Å²) in [4.78, 5) is 11.4. The summed E-state index contributed by atoms with van der Waals surface area (Å²) in [7, 11) is 0. The van der Waals surface area contributed by atoms with Gasteiger partial charge in [-0.2, -0.15) is 4.98 Å². The van der Waals surface area contributed by atoms with Crippen molar-refractivity contribution in [1.29, 1.82) is 0 Å². The Kier molecular flexibility index (Phi) is 5.71. The number of piperidine rings is 1. The van der Waals surface area contributed by atoms with E-state index in [4.69, 9.17) is 12.2 Å². The number of nitrogens with one attached hydrogen (secondary N) is 2. The van der Waals surface area contributed by atoms with Gasteiger partial charge in [-0.3, -0.25) is 0 Å². The first-order valence-electron chi connectivity index (χ1n) is 7.74. The molecular formula is C16H25N5S. The summed E-state index contributed by atoms with van der Waals surface area (Å²) < 4.78 is 0. The highest BCUT2D eigenvalue weighted by Gasteiger charge is 2.23. The maximum absolute atomic E-state index is 5.22. The van der Waals surface area contributed by atoms with Gasteiger partial charge in [0.2, 0.25) is 5.95 Å². The Morgan fingerprint density at radius 1 is 1.41 bits per heavy atom. The van der Waals surface area contributed by atoms with Crippen LogP contribution in [0.1, 0.15) is 26.0 Å². The predicted octanol–water partition coefficient (Wildman–Crippen LogP) is 2.74. The molecule has 0 aliphatic carbocycles. The largest absolute Gasteiger partial charge is 0.359 e. The van der Waals surface area contributed by atoms with Crippen LogP contribution in [0.5, 0.6) is 0 Å². The molecule has 2 atom stereocenters. The zero-order valence-electron chi connectivity index (χ0n) is 13.6. The minimum Gasteiger partial charge on any atom is -0.359 e. The molecule has 0 bridgehead atoms. The second kappa shape index (κ2) is 7.54. The molecule has 1 aromatic rings. The maximum atomic E-state index is 5.22. The van der Waals surface area contributed by atoms with Crippen LogP contribution in [0.3, 0.4) is 0 Å². The van der Waals surface area contributed by atoms with E-state index < -0.39 is 0 Å². The van der Waals surface area contributed by atoms with Gasteiger partial charge in [-0.25, -0.2) is 4.98 Å². The summed E-state index contributed by atoms with van der Waals surface area (Å²) in [6.07, 6.45) is 3.04. The molecule has 2 unspecified atom stereocenters. The molecule has 1 aliphatic heterocycles. The zero-order chi connectivity index (χ0) is 16.1. The van der Waals surface area contributed by atoms with Crippen LogP contribution in [0.15, 0.2) is 18.7 Å². The van der Waals surface area contributed by atoms with E-state index in [-0.39, 0.29) is 0 Å². The van der Waals surface area contributed by atoms with Crippen LogP contribution >= 0.6 is 12.2 Å². The van der Waals surface area contributed by atoms with Crippen molar-refractivity contribution in [3.05, 3.63) is 24.4 Å². The maximum Gasteiger partial charge on any atom is 0.231 e. The van der Waals surface area contributed by atoms with Crippen molar-refractivity contribution in [2.75, 3.05) is 29.9 Å². The average molecular weight is 319 g/mol. The van der Waals surface area contributed by atoms with Crippen LogP contribution < -0.4 is 15.5 Å². The van der Waals surface area contributed by atoms with Crippen molar-refractivity contribution in [2.24, 2.45) is 11.8 Å². The number of hydrogen-bond donors (Lipinski definition) is 2. The van der Waals surface area contributed by atoms with Gasteiger partial charge in [0, 0.05) is 31.4 Å². The van der Waals surface area contributed by atoms with Crippen LogP contribution in [-0.4, -0.2) is 34.7 Å². The van der Waals surface area contributed by atoms with E-state index in [9.17, 15) is 0 Å². The summed E-state index contributed by atoms with van der Waals surface area (Å²) in [5.41, 5.74) is 0.935. The van der Waals surface area contributed by atoms with Gasteiger partial charge in [-0.1, -0.05) is 19.9 Å². The van der Waals surface area contributed by atoms with Gasteiger partial charge in [0.25, 0.3) is 0 Å². The lowest BCUT2D eigenvalue weighted by atomic mass is 9.92. The van der Waals surface area contributed by atoms with Crippen LogP contribution in [-0.2, 0) is 0 Å². The molecule has 120 valence electrons. The molecule has 5 nitrogen and oxygen atoms in total. The molecule has 22 heavy (non-hydrogen) atoms. The molecule has 6 heteroatoms. The Morgan fingerprint density at radius 3 is 2.73 bits per heavy atom. The highest BCUT2D eigenvalue weighted by atomic mass is 32.1.